The molecule has 0 aromatic carbocycles. The van der Waals surface area contributed by atoms with Crippen molar-refractivity contribution in [2.75, 3.05) is 0 Å². The van der Waals surface area contributed by atoms with Gasteiger partial charge < -0.3 is 0 Å². The van der Waals surface area contributed by atoms with Crippen LogP contribution < -0.4 is 0 Å². The van der Waals surface area contributed by atoms with E-state index in [0.29, 0.717) is 0 Å². The molecule has 0 saturated heterocycles. The van der Waals surface area contributed by atoms with Gasteiger partial charge in [-0.15, -0.1) is 12.3 Å². The van der Waals surface area contributed by atoms with Crippen LogP contribution in [0, 0.1) is 12.3 Å². The van der Waals surface area contributed by atoms with Gasteiger partial charge in [-0.3, -0.25) is 0 Å². The summed E-state index contributed by atoms with van der Waals surface area (Å²) in [6.45, 7) is 3.99. The lowest BCUT2D eigenvalue weighted by Gasteiger charge is -2.10. The SMILES string of the molecule is C#CCC(C)(C)S. The molecule has 0 atom stereocenters. The third-order valence-corrected chi connectivity index (χ3v) is 0.693. The first kappa shape index (κ1) is 6.91. The van der Waals surface area contributed by atoms with E-state index in [1.165, 1.54) is 0 Å². The van der Waals surface area contributed by atoms with E-state index in [-0.39, 0.29) is 4.75 Å². The molecule has 0 rings (SSSR count). The van der Waals surface area contributed by atoms with E-state index in [0.717, 1.165) is 6.42 Å². The highest BCUT2D eigenvalue weighted by Gasteiger charge is 2.06. The molecular formula is C6H10S. The molecular weight excluding hydrogens is 104 g/mol. The van der Waals surface area contributed by atoms with Gasteiger partial charge >= 0.3 is 0 Å². The van der Waals surface area contributed by atoms with Crippen molar-refractivity contribution in [3.8, 4) is 12.3 Å². The minimum Gasteiger partial charge on any atom is -0.172 e. The van der Waals surface area contributed by atoms with Crippen molar-refractivity contribution in [1.82, 2.24) is 0 Å². The fraction of sp³-hybridized carbons (Fsp3) is 0.667. The zero-order valence-corrected chi connectivity index (χ0v) is 5.63. The van der Waals surface area contributed by atoms with E-state index in [1.54, 1.807) is 0 Å². The molecule has 0 nitrogen and oxygen atoms in total. The quantitative estimate of drug-likeness (QED) is 0.389. The van der Waals surface area contributed by atoms with Gasteiger partial charge in [0.25, 0.3) is 0 Å². The van der Waals surface area contributed by atoms with Crippen LogP contribution in [0.2, 0.25) is 0 Å². The zero-order valence-electron chi connectivity index (χ0n) is 4.73. The van der Waals surface area contributed by atoms with E-state index < -0.39 is 0 Å². The summed E-state index contributed by atoms with van der Waals surface area (Å²) in [6.07, 6.45) is 5.75. The predicted molar refractivity (Wildman–Crippen MR) is 36.5 cm³/mol. The highest BCUT2D eigenvalue weighted by Crippen LogP contribution is 2.14. The minimum atomic E-state index is 0.00868. The van der Waals surface area contributed by atoms with Gasteiger partial charge in [0.2, 0.25) is 0 Å². The van der Waals surface area contributed by atoms with E-state index in [4.69, 9.17) is 6.42 Å². The van der Waals surface area contributed by atoms with Crippen LogP contribution in [0.15, 0.2) is 0 Å². The van der Waals surface area contributed by atoms with Crippen molar-refractivity contribution in [2.24, 2.45) is 0 Å². The van der Waals surface area contributed by atoms with Crippen molar-refractivity contribution in [3.63, 3.8) is 0 Å². The average molecular weight is 114 g/mol. The fourth-order valence-electron chi connectivity index (χ4n) is 0.250. The Bertz CT molecular complexity index is 81.3. The first-order chi connectivity index (χ1) is 3.06. The Hall–Kier alpha value is -0.0900. The lowest BCUT2D eigenvalue weighted by Crippen LogP contribution is -2.07. The topological polar surface area (TPSA) is 0 Å². The Morgan fingerprint density at radius 3 is 2.14 bits per heavy atom. The Labute approximate surface area is 50.7 Å². The largest absolute Gasteiger partial charge is 0.172 e. The van der Waals surface area contributed by atoms with E-state index in [9.17, 15) is 0 Å². The number of rotatable bonds is 1. The Kier molecular flexibility index (Phi) is 2.25. The number of thiol groups is 1. The molecule has 0 aliphatic rings. The van der Waals surface area contributed by atoms with E-state index in [2.05, 4.69) is 18.5 Å². The molecule has 40 valence electrons. The van der Waals surface area contributed by atoms with Crippen LogP contribution in [0.3, 0.4) is 0 Å². The monoisotopic (exact) mass is 114 g/mol. The summed E-state index contributed by atoms with van der Waals surface area (Å²) in [6, 6.07) is 0. The van der Waals surface area contributed by atoms with Gasteiger partial charge in [0.1, 0.15) is 0 Å². The molecule has 0 bridgehead atoms. The third kappa shape index (κ3) is 5.91. The van der Waals surface area contributed by atoms with Crippen molar-refractivity contribution in [1.29, 1.82) is 0 Å². The first-order valence-corrected chi connectivity index (χ1v) is 2.67. The van der Waals surface area contributed by atoms with Crippen LogP contribution in [-0.4, -0.2) is 4.75 Å². The number of hydrogen-bond donors (Lipinski definition) is 1. The van der Waals surface area contributed by atoms with Crippen molar-refractivity contribution >= 4 is 12.6 Å². The van der Waals surface area contributed by atoms with Crippen LogP contribution in [0.4, 0.5) is 0 Å². The van der Waals surface area contributed by atoms with Gasteiger partial charge in [0, 0.05) is 11.2 Å². The van der Waals surface area contributed by atoms with Gasteiger partial charge in [-0.2, -0.15) is 12.6 Å². The Balaban J connectivity index is 3.40. The van der Waals surface area contributed by atoms with Gasteiger partial charge in [-0.05, 0) is 0 Å². The Morgan fingerprint density at radius 2 is 2.14 bits per heavy atom. The maximum Gasteiger partial charge on any atom is 0.0226 e. The maximum absolute atomic E-state index is 5.02. The average Bonchev–Trinajstić information content (AvgIpc) is 1.30. The molecule has 0 aromatic heterocycles. The first-order valence-electron chi connectivity index (χ1n) is 2.22. The molecule has 1 heteroatoms. The second-order valence-electron chi connectivity index (χ2n) is 2.19. The molecule has 0 heterocycles. The number of hydrogen-bond acceptors (Lipinski definition) is 1. The molecule has 0 aliphatic carbocycles. The third-order valence-electron chi connectivity index (χ3n) is 0.535. The predicted octanol–water partition coefficient (Wildman–Crippen LogP) is 1.72. The Morgan fingerprint density at radius 1 is 1.71 bits per heavy atom. The molecule has 0 aliphatic heterocycles. The van der Waals surface area contributed by atoms with Gasteiger partial charge in [-0.1, -0.05) is 13.8 Å². The molecule has 0 saturated carbocycles. The molecule has 0 aromatic rings. The van der Waals surface area contributed by atoms with Crippen LogP contribution in [0.1, 0.15) is 20.3 Å². The van der Waals surface area contributed by atoms with Crippen molar-refractivity contribution < 1.29 is 0 Å². The van der Waals surface area contributed by atoms with Crippen molar-refractivity contribution in [2.45, 2.75) is 25.0 Å². The highest BCUT2D eigenvalue weighted by molar-refractivity contribution is 7.81. The normalized spacial score (nSPS) is 10.6. The summed E-state index contributed by atoms with van der Waals surface area (Å²) in [5.41, 5.74) is 0. The lowest BCUT2D eigenvalue weighted by molar-refractivity contribution is 0.747. The van der Waals surface area contributed by atoms with Crippen LogP contribution in [-0.2, 0) is 0 Å². The fourth-order valence-corrected chi connectivity index (χ4v) is 0.341. The minimum absolute atomic E-state index is 0.00868. The van der Waals surface area contributed by atoms with E-state index in [1.807, 2.05) is 13.8 Å². The number of terminal acetylenes is 1. The molecule has 0 N–H and O–H groups in total. The van der Waals surface area contributed by atoms with Gasteiger partial charge in [0.05, 0.1) is 0 Å². The summed E-state index contributed by atoms with van der Waals surface area (Å²) in [7, 11) is 0. The molecule has 0 unspecified atom stereocenters. The van der Waals surface area contributed by atoms with Crippen LogP contribution in [0.5, 0.6) is 0 Å². The molecule has 7 heavy (non-hydrogen) atoms. The highest BCUT2D eigenvalue weighted by atomic mass is 32.1. The van der Waals surface area contributed by atoms with E-state index >= 15 is 0 Å². The second kappa shape index (κ2) is 2.28. The smallest absolute Gasteiger partial charge is 0.0226 e. The van der Waals surface area contributed by atoms with Crippen molar-refractivity contribution in [3.05, 3.63) is 0 Å². The molecule has 0 radical (unpaired) electrons. The zero-order chi connectivity index (χ0) is 5.91. The summed E-state index contributed by atoms with van der Waals surface area (Å²) >= 11 is 4.19. The van der Waals surface area contributed by atoms with Gasteiger partial charge in [-0.25, -0.2) is 0 Å². The molecule has 0 spiro atoms. The summed E-state index contributed by atoms with van der Waals surface area (Å²) < 4.78 is 0.00868. The van der Waals surface area contributed by atoms with Crippen LogP contribution in [0.25, 0.3) is 0 Å². The van der Waals surface area contributed by atoms with Gasteiger partial charge in [0.15, 0.2) is 0 Å². The van der Waals surface area contributed by atoms with Crippen LogP contribution >= 0.6 is 12.6 Å². The lowest BCUT2D eigenvalue weighted by atomic mass is 10.1. The summed E-state index contributed by atoms with van der Waals surface area (Å²) in [5.74, 6) is 2.53. The maximum atomic E-state index is 5.02. The molecule has 0 fully saturated rings. The summed E-state index contributed by atoms with van der Waals surface area (Å²) in [4.78, 5) is 0. The standard InChI is InChI=1S/C6H10S/c1-4-5-6(2,3)7/h1,7H,5H2,2-3H3. The summed E-state index contributed by atoms with van der Waals surface area (Å²) in [5, 5.41) is 0. The second-order valence-corrected chi connectivity index (χ2v) is 3.40. The molecule has 0 amide bonds.